The second-order valence-electron chi connectivity index (χ2n) is 6.60. The quantitative estimate of drug-likeness (QED) is 0.776. The lowest BCUT2D eigenvalue weighted by molar-refractivity contribution is -0.144. The molecule has 1 saturated carbocycles. The summed E-state index contributed by atoms with van der Waals surface area (Å²) in [5, 5.41) is 11.9. The van der Waals surface area contributed by atoms with Crippen molar-refractivity contribution in [2.24, 2.45) is 11.8 Å². The van der Waals surface area contributed by atoms with Crippen LogP contribution in [-0.4, -0.2) is 46.4 Å². The molecule has 1 aliphatic carbocycles. The lowest BCUT2D eigenvalue weighted by Crippen LogP contribution is -2.47. The number of carboxylic acid groups (broad SMARTS) is 1. The number of likely N-dealkylation sites (tertiary alicyclic amines) is 1. The Morgan fingerprint density at radius 3 is 2.55 bits per heavy atom. The molecule has 1 aliphatic heterocycles. The van der Waals surface area contributed by atoms with E-state index in [0.717, 1.165) is 25.7 Å². The summed E-state index contributed by atoms with van der Waals surface area (Å²) in [7, 11) is 0. The summed E-state index contributed by atoms with van der Waals surface area (Å²) in [4.78, 5) is 37.6. The van der Waals surface area contributed by atoms with Crippen LogP contribution in [0.2, 0.25) is 0 Å². The summed E-state index contributed by atoms with van der Waals surface area (Å²) >= 11 is 0. The summed E-state index contributed by atoms with van der Waals surface area (Å²) in [5.41, 5.74) is 0. The first-order valence-corrected chi connectivity index (χ1v) is 8.26. The van der Waals surface area contributed by atoms with Crippen LogP contribution in [0.15, 0.2) is 0 Å². The van der Waals surface area contributed by atoms with E-state index in [1.165, 1.54) is 0 Å². The van der Waals surface area contributed by atoms with E-state index in [2.05, 4.69) is 5.32 Å². The Kier molecular flexibility index (Phi) is 5.42. The molecule has 0 aromatic carbocycles. The zero-order chi connectivity index (χ0) is 16.3. The van der Waals surface area contributed by atoms with Gasteiger partial charge in [0.15, 0.2) is 0 Å². The molecule has 124 valence electrons. The van der Waals surface area contributed by atoms with Gasteiger partial charge in [-0.25, -0.2) is 4.79 Å². The monoisotopic (exact) mass is 310 g/mol. The van der Waals surface area contributed by atoms with E-state index in [1.807, 2.05) is 18.7 Å². The van der Waals surface area contributed by atoms with Crippen molar-refractivity contribution in [1.29, 1.82) is 0 Å². The first kappa shape index (κ1) is 16.8. The fourth-order valence-corrected chi connectivity index (χ4v) is 3.43. The highest BCUT2D eigenvalue weighted by Gasteiger charge is 2.39. The van der Waals surface area contributed by atoms with Crippen molar-refractivity contribution < 1.29 is 19.5 Å². The van der Waals surface area contributed by atoms with Gasteiger partial charge in [-0.3, -0.25) is 9.59 Å². The fraction of sp³-hybridized carbons (Fsp3) is 0.812. The standard InChI is InChI=1S/C16H26N2O4/c1-3-10(2)14(16(21)22)17-15(20)11-8-13(19)18(9-11)12-6-4-5-7-12/h10-12,14H,3-9H2,1-2H3,(H,17,20)(H,21,22)/t10-,11?,14-/m0/s1. The second-order valence-corrected chi connectivity index (χ2v) is 6.60. The number of hydrogen-bond donors (Lipinski definition) is 2. The molecule has 1 heterocycles. The highest BCUT2D eigenvalue weighted by molar-refractivity contribution is 5.91. The third kappa shape index (κ3) is 3.59. The van der Waals surface area contributed by atoms with Crippen molar-refractivity contribution in [3.05, 3.63) is 0 Å². The Hall–Kier alpha value is -1.59. The lowest BCUT2D eigenvalue weighted by atomic mass is 9.98. The van der Waals surface area contributed by atoms with Gasteiger partial charge in [0.2, 0.25) is 11.8 Å². The summed E-state index contributed by atoms with van der Waals surface area (Å²) < 4.78 is 0. The summed E-state index contributed by atoms with van der Waals surface area (Å²) in [5.74, 6) is -1.84. The first-order valence-electron chi connectivity index (χ1n) is 8.26. The van der Waals surface area contributed by atoms with Crippen molar-refractivity contribution in [3.63, 3.8) is 0 Å². The summed E-state index contributed by atoms with van der Waals surface area (Å²) in [6, 6.07) is -0.608. The first-order chi connectivity index (χ1) is 10.4. The summed E-state index contributed by atoms with van der Waals surface area (Å²) in [6.07, 6.45) is 5.19. The van der Waals surface area contributed by atoms with Gasteiger partial charge in [-0.15, -0.1) is 0 Å². The number of amides is 2. The largest absolute Gasteiger partial charge is 0.480 e. The highest BCUT2D eigenvalue weighted by atomic mass is 16.4. The van der Waals surface area contributed by atoms with Crippen LogP contribution in [0.1, 0.15) is 52.4 Å². The van der Waals surface area contributed by atoms with E-state index in [9.17, 15) is 19.5 Å². The molecule has 6 nitrogen and oxygen atoms in total. The molecule has 0 aromatic heterocycles. The van der Waals surface area contributed by atoms with E-state index >= 15 is 0 Å². The minimum atomic E-state index is -1.01. The van der Waals surface area contributed by atoms with Gasteiger partial charge in [-0.1, -0.05) is 33.1 Å². The van der Waals surface area contributed by atoms with Gasteiger partial charge in [0.25, 0.3) is 0 Å². The number of nitrogens with one attached hydrogen (secondary N) is 1. The van der Waals surface area contributed by atoms with Crippen LogP contribution >= 0.6 is 0 Å². The van der Waals surface area contributed by atoms with E-state index < -0.39 is 17.9 Å². The van der Waals surface area contributed by atoms with E-state index in [1.54, 1.807) is 0 Å². The van der Waals surface area contributed by atoms with Crippen LogP contribution in [0.5, 0.6) is 0 Å². The highest BCUT2D eigenvalue weighted by Crippen LogP contribution is 2.29. The molecule has 3 atom stereocenters. The Bertz CT molecular complexity index is 445. The molecular formula is C16H26N2O4. The molecule has 2 amide bonds. The number of carboxylic acids is 1. The number of rotatable bonds is 6. The molecule has 6 heteroatoms. The molecule has 22 heavy (non-hydrogen) atoms. The second kappa shape index (κ2) is 7.11. The topological polar surface area (TPSA) is 86.7 Å². The SMILES string of the molecule is CC[C@H](C)[C@H](NC(=O)C1CC(=O)N(C2CCCC2)C1)C(=O)O. The number of hydrogen-bond acceptors (Lipinski definition) is 3. The smallest absolute Gasteiger partial charge is 0.326 e. The molecule has 1 unspecified atom stereocenters. The average molecular weight is 310 g/mol. The molecule has 2 fully saturated rings. The van der Waals surface area contributed by atoms with Crippen LogP contribution in [0.4, 0.5) is 0 Å². The third-order valence-electron chi connectivity index (χ3n) is 5.07. The minimum absolute atomic E-state index is 0.0301. The number of carbonyl (C=O) groups excluding carboxylic acids is 2. The number of carbonyl (C=O) groups is 3. The average Bonchev–Trinajstić information content (AvgIpc) is 3.12. The Labute approximate surface area is 131 Å². The van der Waals surface area contributed by atoms with E-state index in [-0.39, 0.29) is 30.2 Å². The van der Waals surface area contributed by atoms with E-state index in [4.69, 9.17) is 0 Å². The Morgan fingerprint density at radius 1 is 1.36 bits per heavy atom. The number of nitrogens with zero attached hydrogens (tertiary/aromatic N) is 1. The van der Waals surface area contributed by atoms with Crippen molar-refractivity contribution in [3.8, 4) is 0 Å². The van der Waals surface area contributed by atoms with Crippen LogP contribution < -0.4 is 5.32 Å². The predicted octanol–water partition coefficient (Wildman–Crippen LogP) is 1.39. The van der Waals surface area contributed by atoms with Crippen molar-refractivity contribution in [1.82, 2.24) is 10.2 Å². The molecule has 0 aromatic rings. The van der Waals surface area contributed by atoms with Crippen LogP contribution in [-0.2, 0) is 14.4 Å². The van der Waals surface area contributed by atoms with Crippen molar-refractivity contribution in [2.45, 2.75) is 64.5 Å². The zero-order valence-electron chi connectivity index (χ0n) is 13.4. The maximum atomic E-state index is 12.3. The minimum Gasteiger partial charge on any atom is -0.480 e. The Morgan fingerprint density at radius 2 is 2.00 bits per heavy atom. The lowest BCUT2D eigenvalue weighted by Gasteiger charge is -2.25. The zero-order valence-corrected chi connectivity index (χ0v) is 13.4. The van der Waals surface area contributed by atoms with Crippen molar-refractivity contribution in [2.75, 3.05) is 6.54 Å². The Balaban J connectivity index is 1.95. The molecule has 0 radical (unpaired) electrons. The van der Waals surface area contributed by atoms with Gasteiger partial charge in [0, 0.05) is 19.0 Å². The third-order valence-corrected chi connectivity index (χ3v) is 5.07. The molecule has 0 bridgehead atoms. The van der Waals surface area contributed by atoms with Gasteiger partial charge in [0.05, 0.1) is 5.92 Å². The van der Waals surface area contributed by atoms with Crippen LogP contribution in [0.3, 0.4) is 0 Å². The van der Waals surface area contributed by atoms with Gasteiger partial charge < -0.3 is 15.3 Å². The molecular weight excluding hydrogens is 284 g/mol. The molecule has 2 aliphatic rings. The number of aliphatic carboxylic acids is 1. The van der Waals surface area contributed by atoms with Gasteiger partial charge >= 0.3 is 5.97 Å². The van der Waals surface area contributed by atoms with E-state index in [0.29, 0.717) is 13.0 Å². The predicted molar refractivity (Wildman–Crippen MR) is 81.1 cm³/mol. The maximum Gasteiger partial charge on any atom is 0.326 e. The van der Waals surface area contributed by atoms with Gasteiger partial charge in [-0.05, 0) is 18.8 Å². The van der Waals surface area contributed by atoms with Crippen molar-refractivity contribution >= 4 is 17.8 Å². The van der Waals surface area contributed by atoms with Crippen LogP contribution in [0.25, 0.3) is 0 Å². The molecule has 2 rings (SSSR count). The maximum absolute atomic E-state index is 12.3. The molecule has 0 spiro atoms. The van der Waals surface area contributed by atoms with Gasteiger partial charge in [-0.2, -0.15) is 0 Å². The normalized spacial score (nSPS) is 25.3. The molecule has 2 N–H and O–H groups in total. The summed E-state index contributed by atoms with van der Waals surface area (Å²) in [6.45, 7) is 4.14. The van der Waals surface area contributed by atoms with Gasteiger partial charge in [0.1, 0.15) is 6.04 Å². The van der Waals surface area contributed by atoms with Crippen LogP contribution in [0, 0.1) is 11.8 Å². The molecule has 1 saturated heterocycles. The fourth-order valence-electron chi connectivity index (χ4n) is 3.43.